The van der Waals surface area contributed by atoms with Crippen LogP contribution in [-0.4, -0.2) is 40.2 Å². The topological polar surface area (TPSA) is 80.6 Å². The van der Waals surface area contributed by atoms with Crippen LogP contribution < -0.4 is 10.1 Å². The van der Waals surface area contributed by atoms with Crippen LogP contribution in [0.3, 0.4) is 0 Å². The summed E-state index contributed by atoms with van der Waals surface area (Å²) in [7, 11) is 1.60. The smallest absolute Gasteiger partial charge is 0.294 e. The van der Waals surface area contributed by atoms with Crippen molar-refractivity contribution >= 4 is 40.6 Å². The van der Waals surface area contributed by atoms with Gasteiger partial charge in [0.15, 0.2) is 0 Å². The molecule has 0 atom stereocenters. The average Bonchev–Trinajstić information content (AvgIpc) is 3.35. The molecular formula is C24H21N3O4S. The van der Waals surface area contributed by atoms with Crippen molar-refractivity contribution in [2.24, 2.45) is 0 Å². The van der Waals surface area contributed by atoms with Gasteiger partial charge in [0.2, 0.25) is 5.91 Å². The van der Waals surface area contributed by atoms with Crippen molar-refractivity contribution in [3.05, 3.63) is 83.0 Å². The van der Waals surface area contributed by atoms with Crippen molar-refractivity contribution in [3.8, 4) is 11.4 Å². The normalized spacial score (nSPS) is 14.8. The van der Waals surface area contributed by atoms with Gasteiger partial charge in [0.1, 0.15) is 12.3 Å². The van der Waals surface area contributed by atoms with Crippen LogP contribution in [0.15, 0.2) is 71.8 Å². The number of imide groups is 1. The van der Waals surface area contributed by atoms with Gasteiger partial charge in [-0.2, -0.15) is 0 Å². The molecule has 0 saturated carbocycles. The minimum atomic E-state index is -0.485. The van der Waals surface area contributed by atoms with E-state index < -0.39 is 17.1 Å². The molecule has 2 aromatic carbocycles. The first-order valence-corrected chi connectivity index (χ1v) is 10.7. The molecule has 7 nitrogen and oxygen atoms in total. The summed E-state index contributed by atoms with van der Waals surface area (Å²) in [4.78, 5) is 38.8. The van der Waals surface area contributed by atoms with E-state index in [4.69, 9.17) is 4.74 Å². The SMILES string of the molecule is COc1ccc(-n2cccc2/C=C2/SC(=O)N(CC(=O)Nc3ccc(C)cc3)C2=O)cc1. The Hall–Kier alpha value is -3.78. The van der Waals surface area contributed by atoms with Crippen LogP contribution in [0.1, 0.15) is 11.3 Å². The maximum absolute atomic E-state index is 12.8. The van der Waals surface area contributed by atoms with Crippen LogP contribution in [0.5, 0.6) is 5.75 Å². The van der Waals surface area contributed by atoms with E-state index in [1.165, 1.54) is 0 Å². The Morgan fingerprint density at radius 3 is 2.47 bits per heavy atom. The van der Waals surface area contributed by atoms with E-state index in [9.17, 15) is 14.4 Å². The summed E-state index contributed by atoms with van der Waals surface area (Å²) in [5.74, 6) is -0.173. The molecule has 0 aliphatic carbocycles. The highest BCUT2D eigenvalue weighted by Gasteiger charge is 2.36. The minimum Gasteiger partial charge on any atom is -0.497 e. The van der Waals surface area contributed by atoms with Crippen molar-refractivity contribution in [1.29, 1.82) is 0 Å². The molecule has 1 N–H and O–H groups in total. The van der Waals surface area contributed by atoms with Gasteiger partial charge in [-0.25, -0.2) is 0 Å². The molecule has 162 valence electrons. The molecule has 0 spiro atoms. The molecule has 3 amide bonds. The first kappa shape index (κ1) is 21.5. The van der Waals surface area contributed by atoms with Gasteiger partial charge < -0.3 is 14.6 Å². The molecule has 8 heteroatoms. The monoisotopic (exact) mass is 447 g/mol. The lowest BCUT2D eigenvalue weighted by molar-refractivity contribution is -0.127. The number of thioether (sulfide) groups is 1. The zero-order valence-electron chi connectivity index (χ0n) is 17.6. The van der Waals surface area contributed by atoms with E-state index in [2.05, 4.69) is 5.32 Å². The highest BCUT2D eigenvalue weighted by atomic mass is 32.2. The van der Waals surface area contributed by atoms with Gasteiger partial charge in [0.05, 0.1) is 12.0 Å². The number of benzene rings is 2. The maximum atomic E-state index is 12.8. The molecule has 32 heavy (non-hydrogen) atoms. The van der Waals surface area contributed by atoms with Gasteiger partial charge in [-0.3, -0.25) is 19.3 Å². The third-order valence-corrected chi connectivity index (χ3v) is 5.83. The first-order chi connectivity index (χ1) is 15.4. The second-order valence-corrected chi connectivity index (χ2v) is 8.18. The molecular weight excluding hydrogens is 426 g/mol. The van der Waals surface area contributed by atoms with Gasteiger partial charge in [-0.1, -0.05) is 17.7 Å². The summed E-state index contributed by atoms with van der Waals surface area (Å²) in [6, 6.07) is 18.5. The number of rotatable bonds is 6. The number of carbonyl (C=O) groups is 3. The molecule has 2 heterocycles. The quantitative estimate of drug-likeness (QED) is 0.564. The van der Waals surface area contributed by atoms with Gasteiger partial charge in [0, 0.05) is 23.3 Å². The summed E-state index contributed by atoms with van der Waals surface area (Å²) < 4.78 is 7.09. The zero-order valence-corrected chi connectivity index (χ0v) is 18.4. The summed E-state index contributed by atoms with van der Waals surface area (Å²) in [6.45, 7) is 1.61. The van der Waals surface area contributed by atoms with Gasteiger partial charge in [0.25, 0.3) is 11.1 Å². The lowest BCUT2D eigenvalue weighted by atomic mass is 10.2. The predicted molar refractivity (Wildman–Crippen MR) is 125 cm³/mol. The maximum Gasteiger partial charge on any atom is 0.294 e. The summed E-state index contributed by atoms with van der Waals surface area (Å²) in [5.41, 5.74) is 3.31. The number of nitrogens with zero attached hydrogens (tertiary/aromatic N) is 2. The second kappa shape index (κ2) is 9.15. The third kappa shape index (κ3) is 4.60. The Morgan fingerprint density at radius 1 is 1.06 bits per heavy atom. The number of hydrogen-bond acceptors (Lipinski definition) is 5. The molecule has 1 aromatic heterocycles. The molecule has 3 aromatic rings. The molecule has 0 unspecified atom stereocenters. The lowest BCUT2D eigenvalue weighted by Gasteiger charge is -2.12. The third-order valence-electron chi connectivity index (χ3n) is 4.92. The largest absolute Gasteiger partial charge is 0.497 e. The summed E-state index contributed by atoms with van der Waals surface area (Å²) in [6.07, 6.45) is 3.53. The number of carbonyl (C=O) groups excluding carboxylic acids is 3. The number of ether oxygens (including phenoxy) is 1. The van der Waals surface area contributed by atoms with Crippen molar-refractivity contribution in [3.63, 3.8) is 0 Å². The van der Waals surface area contributed by atoms with Crippen LogP contribution in [0.2, 0.25) is 0 Å². The Labute approximate surface area is 189 Å². The Morgan fingerprint density at radius 2 is 1.78 bits per heavy atom. The van der Waals surface area contributed by atoms with Crippen LogP contribution in [0, 0.1) is 6.92 Å². The van der Waals surface area contributed by atoms with Crippen molar-refractivity contribution < 1.29 is 19.1 Å². The van der Waals surface area contributed by atoms with Crippen LogP contribution in [-0.2, 0) is 9.59 Å². The van der Waals surface area contributed by atoms with E-state index >= 15 is 0 Å². The second-order valence-electron chi connectivity index (χ2n) is 7.18. The molecule has 1 aliphatic rings. The van der Waals surface area contributed by atoms with E-state index in [0.717, 1.165) is 39.4 Å². The molecule has 0 bridgehead atoms. The van der Waals surface area contributed by atoms with Crippen molar-refractivity contribution in [2.45, 2.75) is 6.92 Å². The van der Waals surface area contributed by atoms with Crippen molar-refractivity contribution in [2.75, 3.05) is 19.0 Å². The number of anilines is 1. The number of hydrogen-bond donors (Lipinski definition) is 1. The van der Waals surface area contributed by atoms with E-state index in [1.807, 2.05) is 66.2 Å². The van der Waals surface area contributed by atoms with Gasteiger partial charge >= 0.3 is 0 Å². The molecule has 1 saturated heterocycles. The lowest BCUT2D eigenvalue weighted by Crippen LogP contribution is -2.36. The standard InChI is InChI=1S/C24H21N3O4S/c1-16-5-7-17(8-6-16)25-22(28)15-27-23(29)21(32-24(27)30)14-19-4-3-13-26(19)18-9-11-20(31-2)12-10-18/h3-14H,15H2,1-2H3,(H,25,28)/b21-14+. The molecule has 0 radical (unpaired) electrons. The van der Waals surface area contributed by atoms with Crippen LogP contribution >= 0.6 is 11.8 Å². The Balaban J connectivity index is 1.48. The van der Waals surface area contributed by atoms with E-state index in [-0.39, 0.29) is 11.4 Å². The van der Waals surface area contributed by atoms with Crippen LogP contribution in [0.4, 0.5) is 10.5 Å². The molecule has 1 aliphatic heterocycles. The summed E-state index contributed by atoms with van der Waals surface area (Å²) >= 11 is 0.825. The zero-order chi connectivity index (χ0) is 22.7. The minimum absolute atomic E-state index is 0.270. The number of aromatic nitrogens is 1. The van der Waals surface area contributed by atoms with Crippen molar-refractivity contribution in [1.82, 2.24) is 9.47 Å². The number of aryl methyl sites for hydroxylation is 1. The first-order valence-electron chi connectivity index (χ1n) is 9.88. The fourth-order valence-corrected chi connectivity index (χ4v) is 4.06. The highest BCUT2D eigenvalue weighted by molar-refractivity contribution is 8.18. The number of amides is 3. The van der Waals surface area contributed by atoms with Gasteiger partial charge in [-0.05, 0) is 73.3 Å². The van der Waals surface area contributed by atoms with E-state index in [1.54, 1.807) is 25.3 Å². The number of nitrogens with one attached hydrogen (secondary N) is 1. The van der Waals surface area contributed by atoms with Crippen LogP contribution in [0.25, 0.3) is 11.8 Å². The van der Waals surface area contributed by atoms with Gasteiger partial charge in [-0.15, -0.1) is 0 Å². The predicted octanol–water partition coefficient (Wildman–Crippen LogP) is 4.47. The Kier molecular flexibility index (Phi) is 6.13. The highest BCUT2D eigenvalue weighted by Crippen LogP contribution is 2.32. The fourth-order valence-electron chi connectivity index (χ4n) is 3.24. The molecule has 1 fully saturated rings. The Bertz CT molecular complexity index is 1200. The molecule has 4 rings (SSSR count). The number of methoxy groups -OCH3 is 1. The van der Waals surface area contributed by atoms with E-state index in [0.29, 0.717) is 5.69 Å². The fraction of sp³-hybridized carbons (Fsp3) is 0.125. The summed E-state index contributed by atoms with van der Waals surface area (Å²) in [5, 5.41) is 2.24. The average molecular weight is 448 g/mol.